The van der Waals surface area contributed by atoms with Gasteiger partial charge in [-0.15, -0.1) is 0 Å². The highest BCUT2D eigenvalue weighted by molar-refractivity contribution is 5.68. The molecule has 4 rings (SSSR count). The standard InChI is InChI=1S/C26H22/c1-20-9-5-6-16-26(20)25-15-8-11-22(19-25)17-21-10-7-14-24(18-21)23-12-3-2-4-13-23/h2-16,18-19H,17H2,1H3. The molecule has 0 aromatic heterocycles. The second-order valence-electron chi connectivity index (χ2n) is 6.76. The second kappa shape index (κ2) is 7.41. The van der Waals surface area contributed by atoms with Gasteiger partial charge in [-0.05, 0) is 52.3 Å². The first-order valence-corrected chi connectivity index (χ1v) is 9.09. The van der Waals surface area contributed by atoms with E-state index in [-0.39, 0.29) is 0 Å². The van der Waals surface area contributed by atoms with Crippen LogP contribution in [0.2, 0.25) is 0 Å². The molecule has 4 aromatic carbocycles. The summed E-state index contributed by atoms with van der Waals surface area (Å²) in [4.78, 5) is 0. The van der Waals surface area contributed by atoms with Gasteiger partial charge in [0.1, 0.15) is 0 Å². The number of rotatable bonds is 4. The Kier molecular flexibility index (Phi) is 4.66. The van der Waals surface area contributed by atoms with Gasteiger partial charge in [-0.2, -0.15) is 0 Å². The molecule has 4 aromatic rings. The molecule has 0 unspecified atom stereocenters. The van der Waals surface area contributed by atoms with Gasteiger partial charge in [0.25, 0.3) is 0 Å². The van der Waals surface area contributed by atoms with Gasteiger partial charge in [0.2, 0.25) is 0 Å². The van der Waals surface area contributed by atoms with E-state index in [2.05, 4.69) is 110 Å². The third kappa shape index (κ3) is 3.60. The predicted molar refractivity (Wildman–Crippen MR) is 111 cm³/mol. The lowest BCUT2D eigenvalue weighted by atomic mass is 9.95. The molecule has 0 aliphatic rings. The molecule has 126 valence electrons. The van der Waals surface area contributed by atoms with Gasteiger partial charge < -0.3 is 0 Å². The Hall–Kier alpha value is -3.12. The Labute approximate surface area is 155 Å². The molecule has 26 heavy (non-hydrogen) atoms. The van der Waals surface area contributed by atoms with Crippen molar-refractivity contribution in [1.82, 2.24) is 0 Å². The summed E-state index contributed by atoms with van der Waals surface area (Å²) < 4.78 is 0. The molecule has 0 bridgehead atoms. The highest BCUT2D eigenvalue weighted by Crippen LogP contribution is 2.26. The minimum atomic E-state index is 0.945. The van der Waals surface area contributed by atoms with Crippen LogP contribution >= 0.6 is 0 Å². The van der Waals surface area contributed by atoms with Gasteiger partial charge in [0, 0.05) is 0 Å². The average Bonchev–Trinajstić information content (AvgIpc) is 2.69. The highest BCUT2D eigenvalue weighted by Gasteiger charge is 2.04. The molecule has 0 spiro atoms. The van der Waals surface area contributed by atoms with Crippen LogP contribution in [-0.2, 0) is 6.42 Å². The van der Waals surface area contributed by atoms with Crippen LogP contribution in [0, 0.1) is 6.92 Å². The van der Waals surface area contributed by atoms with Crippen molar-refractivity contribution < 1.29 is 0 Å². The minimum Gasteiger partial charge on any atom is -0.0622 e. The summed E-state index contributed by atoms with van der Waals surface area (Å²) in [6.07, 6.45) is 0.945. The molecule has 0 heterocycles. The van der Waals surface area contributed by atoms with Crippen molar-refractivity contribution in [1.29, 1.82) is 0 Å². The smallest absolute Gasteiger partial charge is 0.00253 e. The summed E-state index contributed by atoms with van der Waals surface area (Å²) in [5.74, 6) is 0. The zero-order valence-electron chi connectivity index (χ0n) is 15.0. The van der Waals surface area contributed by atoms with Gasteiger partial charge >= 0.3 is 0 Å². The molecule has 0 amide bonds. The van der Waals surface area contributed by atoms with Crippen LogP contribution in [0.5, 0.6) is 0 Å². The molecule has 0 nitrogen and oxygen atoms in total. The van der Waals surface area contributed by atoms with E-state index in [1.807, 2.05) is 0 Å². The quantitative estimate of drug-likeness (QED) is 0.380. The second-order valence-corrected chi connectivity index (χ2v) is 6.76. The van der Waals surface area contributed by atoms with Crippen LogP contribution in [0.1, 0.15) is 16.7 Å². The molecule has 0 heteroatoms. The average molecular weight is 334 g/mol. The molecular formula is C26H22. The van der Waals surface area contributed by atoms with Gasteiger partial charge in [0.05, 0.1) is 0 Å². The lowest BCUT2D eigenvalue weighted by Gasteiger charge is -2.09. The first-order chi connectivity index (χ1) is 12.8. The van der Waals surface area contributed by atoms with Crippen molar-refractivity contribution in [2.75, 3.05) is 0 Å². The van der Waals surface area contributed by atoms with Crippen LogP contribution in [0.4, 0.5) is 0 Å². The fourth-order valence-corrected chi connectivity index (χ4v) is 3.47. The number of hydrogen-bond acceptors (Lipinski definition) is 0. The van der Waals surface area contributed by atoms with Crippen LogP contribution in [-0.4, -0.2) is 0 Å². The van der Waals surface area contributed by atoms with Crippen molar-refractivity contribution in [3.05, 3.63) is 120 Å². The molecule has 0 aliphatic carbocycles. The molecule has 0 saturated heterocycles. The zero-order chi connectivity index (χ0) is 17.8. The number of aryl methyl sites for hydroxylation is 1. The number of hydrogen-bond donors (Lipinski definition) is 0. The Morgan fingerprint density at radius 1 is 0.500 bits per heavy atom. The fourth-order valence-electron chi connectivity index (χ4n) is 3.47. The molecule has 0 saturated carbocycles. The van der Waals surface area contributed by atoms with E-state index in [4.69, 9.17) is 0 Å². The van der Waals surface area contributed by atoms with Crippen molar-refractivity contribution in [3.63, 3.8) is 0 Å². The van der Waals surface area contributed by atoms with Gasteiger partial charge in [-0.1, -0.05) is 103 Å². The Bertz CT molecular complexity index is 1010. The fraction of sp³-hybridized carbons (Fsp3) is 0.0769. The summed E-state index contributed by atoms with van der Waals surface area (Å²) in [5, 5.41) is 0. The lowest BCUT2D eigenvalue weighted by Crippen LogP contribution is -1.91. The summed E-state index contributed by atoms with van der Waals surface area (Å²) in [5.41, 5.74) is 9.15. The van der Waals surface area contributed by atoms with E-state index in [0.29, 0.717) is 0 Å². The summed E-state index contributed by atoms with van der Waals surface area (Å²) in [7, 11) is 0. The van der Waals surface area contributed by atoms with E-state index in [9.17, 15) is 0 Å². The van der Waals surface area contributed by atoms with Crippen molar-refractivity contribution in [2.45, 2.75) is 13.3 Å². The first-order valence-electron chi connectivity index (χ1n) is 9.09. The zero-order valence-corrected chi connectivity index (χ0v) is 15.0. The van der Waals surface area contributed by atoms with E-state index in [1.165, 1.54) is 38.9 Å². The van der Waals surface area contributed by atoms with E-state index < -0.39 is 0 Å². The monoisotopic (exact) mass is 334 g/mol. The maximum atomic E-state index is 2.32. The topological polar surface area (TPSA) is 0 Å². The maximum Gasteiger partial charge on any atom is -0.00253 e. The number of benzene rings is 4. The molecule has 0 radical (unpaired) electrons. The third-order valence-corrected chi connectivity index (χ3v) is 4.83. The SMILES string of the molecule is Cc1ccccc1-c1cccc(Cc2cccc(-c3ccccc3)c2)c1. The van der Waals surface area contributed by atoms with Crippen molar-refractivity contribution >= 4 is 0 Å². The molecule has 0 N–H and O–H groups in total. The predicted octanol–water partition coefficient (Wildman–Crippen LogP) is 6.92. The Balaban J connectivity index is 1.63. The molecule has 0 aliphatic heterocycles. The summed E-state index contributed by atoms with van der Waals surface area (Å²) in [6, 6.07) is 36.9. The minimum absolute atomic E-state index is 0.945. The third-order valence-electron chi connectivity index (χ3n) is 4.83. The lowest BCUT2D eigenvalue weighted by molar-refractivity contribution is 1.19. The summed E-state index contributed by atoms with van der Waals surface area (Å²) >= 11 is 0. The van der Waals surface area contributed by atoms with Gasteiger partial charge in [-0.3, -0.25) is 0 Å². The van der Waals surface area contributed by atoms with Crippen molar-refractivity contribution in [2.24, 2.45) is 0 Å². The summed E-state index contributed by atoms with van der Waals surface area (Å²) in [6.45, 7) is 2.17. The van der Waals surface area contributed by atoms with Gasteiger partial charge in [0.15, 0.2) is 0 Å². The van der Waals surface area contributed by atoms with E-state index in [0.717, 1.165) is 6.42 Å². The highest BCUT2D eigenvalue weighted by atomic mass is 14.1. The van der Waals surface area contributed by atoms with Crippen LogP contribution in [0.15, 0.2) is 103 Å². The van der Waals surface area contributed by atoms with Crippen LogP contribution < -0.4 is 0 Å². The Morgan fingerprint density at radius 2 is 1.08 bits per heavy atom. The normalized spacial score (nSPS) is 10.7. The van der Waals surface area contributed by atoms with E-state index in [1.54, 1.807) is 0 Å². The Morgan fingerprint density at radius 3 is 1.81 bits per heavy atom. The maximum absolute atomic E-state index is 2.32. The van der Waals surface area contributed by atoms with Crippen molar-refractivity contribution in [3.8, 4) is 22.3 Å². The van der Waals surface area contributed by atoms with Gasteiger partial charge in [-0.25, -0.2) is 0 Å². The molecular weight excluding hydrogens is 312 g/mol. The van der Waals surface area contributed by atoms with Crippen LogP contribution in [0.25, 0.3) is 22.3 Å². The molecule has 0 atom stereocenters. The molecule has 0 fully saturated rings. The van der Waals surface area contributed by atoms with Crippen LogP contribution in [0.3, 0.4) is 0 Å². The largest absolute Gasteiger partial charge is 0.0622 e. The first kappa shape index (κ1) is 16.4. The van der Waals surface area contributed by atoms with E-state index >= 15 is 0 Å².